The average Bonchev–Trinajstić information content (AvgIpc) is 2.97. The first kappa shape index (κ1) is 17.9. The Hall–Kier alpha value is -3.44. The number of fused-ring (bicyclic) bond motifs is 1. The number of benzene rings is 3. The maximum absolute atomic E-state index is 13.3. The van der Waals surface area contributed by atoms with Gasteiger partial charge in [0.1, 0.15) is 0 Å². The first-order chi connectivity index (χ1) is 13.6. The third kappa shape index (κ3) is 2.77. The molecule has 0 saturated carbocycles. The van der Waals surface area contributed by atoms with Crippen molar-refractivity contribution in [2.24, 2.45) is 0 Å². The van der Waals surface area contributed by atoms with Gasteiger partial charge in [0.05, 0.1) is 24.9 Å². The zero-order chi connectivity index (χ0) is 19.7. The lowest BCUT2D eigenvalue weighted by molar-refractivity contribution is -0.132. The Bertz CT molecular complexity index is 1030. The second-order valence-electron chi connectivity index (χ2n) is 6.67. The number of para-hydroxylation sites is 1. The highest BCUT2D eigenvalue weighted by Gasteiger charge is 2.50. The monoisotopic (exact) mass is 373 g/mol. The van der Waals surface area contributed by atoms with Crippen molar-refractivity contribution in [1.82, 2.24) is 0 Å². The summed E-state index contributed by atoms with van der Waals surface area (Å²) in [5.41, 5.74) is 1.35. The van der Waals surface area contributed by atoms with Crippen molar-refractivity contribution in [3.8, 4) is 0 Å². The number of carbonyl (C=O) groups excluding carboxylic acids is 2. The molecule has 5 nitrogen and oxygen atoms in total. The maximum Gasteiger partial charge on any atom is 0.337 e. The molecular formula is C23H19NO4. The van der Waals surface area contributed by atoms with E-state index in [9.17, 15) is 14.7 Å². The molecule has 1 amide bonds. The number of amides is 1. The van der Waals surface area contributed by atoms with Crippen LogP contribution in [-0.2, 0) is 21.7 Å². The first-order valence-electron chi connectivity index (χ1n) is 8.92. The maximum atomic E-state index is 13.3. The summed E-state index contributed by atoms with van der Waals surface area (Å²) in [7, 11) is 1.33. The fourth-order valence-corrected chi connectivity index (χ4v) is 3.60. The van der Waals surface area contributed by atoms with E-state index in [2.05, 4.69) is 0 Å². The number of hydrogen-bond acceptors (Lipinski definition) is 4. The molecule has 1 aliphatic heterocycles. The van der Waals surface area contributed by atoms with Gasteiger partial charge in [-0.15, -0.1) is 0 Å². The van der Waals surface area contributed by atoms with Gasteiger partial charge in [0, 0.05) is 5.56 Å². The number of nitrogens with zero attached hydrogens (tertiary/aromatic N) is 1. The summed E-state index contributed by atoms with van der Waals surface area (Å²) in [4.78, 5) is 26.5. The van der Waals surface area contributed by atoms with Crippen LogP contribution in [0.4, 0.5) is 5.69 Å². The van der Waals surface area contributed by atoms with E-state index in [1.54, 1.807) is 59.5 Å². The van der Waals surface area contributed by atoms with E-state index in [1.807, 2.05) is 24.3 Å². The average molecular weight is 373 g/mol. The van der Waals surface area contributed by atoms with Crippen molar-refractivity contribution < 1.29 is 19.4 Å². The van der Waals surface area contributed by atoms with Gasteiger partial charge in [-0.1, -0.05) is 60.7 Å². The summed E-state index contributed by atoms with van der Waals surface area (Å²) >= 11 is 0. The third-order valence-electron chi connectivity index (χ3n) is 5.05. The van der Waals surface area contributed by atoms with Gasteiger partial charge in [0.15, 0.2) is 5.60 Å². The lowest BCUT2D eigenvalue weighted by Gasteiger charge is -2.23. The van der Waals surface area contributed by atoms with Gasteiger partial charge in [-0.05, 0) is 29.3 Å². The molecule has 4 rings (SSSR count). The fraction of sp³-hybridized carbons (Fsp3) is 0.130. The highest BCUT2D eigenvalue weighted by molar-refractivity contribution is 6.09. The lowest BCUT2D eigenvalue weighted by atomic mass is 9.88. The largest absolute Gasteiger partial charge is 0.465 e. The quantitative estimate of drug-likeness (QED) is 0.713. The van der Waals surface area contributed by atoms with Gasteiger partial charge in [0.2, 0.25) is 0 Å². The molecule has 0 bridgehead atoms. The van der Waals surface area contributed by atoms with E-state index >= 15 is 0 Å². The number of rotatable bonds is 4. The van der Waals surface area contributed by atoms with Gasteiger partial charge in [-0.2, -0.15) is 0 Å². The fourth-order valence-electron chi connectivity index (χ4n) is 3.60. The van der Waals surface area contributed by atoms with Crippen LogP contribution < -0.4 is 4.90 Å². The Kier molecular flexibility index (Phi) is 4.45. The van der Waals surface area contributed by atoms with Crippen LogP contribution in [0.3, 0.4) is 0 Å². The molecular weight excluding hydrogens is 354 g/mol. The Morgan fingerprint density at radius 1 is 0.964 bits per heavy atom. The van der Waals surface area contributed by atoms with Crippen LogP contribution in [-0.4, -0.2) is 24.1 Å². The van der Waals surface area contributed by atoms with Gasteiger partial charge in [-0.3, -0.25) is 4.79 Å². The Labute approximate surface area is 162 Å². The van der Waals surface area contributed by atoms with Crippen LogP contribution >= 0.6 is 0 Å². The van der Waals surface area contributed by atoms with Crippen LogP contribution in [0, 0.1) is 0 Å². The predicted molar refractivity (Wildman–Crippen MR) is 105 cm³/mol. The third-order valence-corrected chi connectivity index (χ3v) is 5.05. The van der Waals surface area contributed by atoms with E-state index in [0.717, 1.165) is 5.56 Å². The van der Waals surface area contributed by atoms with Crippen LogP contribution in [0.1, 0.15) is 27.0 Å². The smallest absolute Gasteiger partial charge is 0.337 e. The van der Waals surface area contributed by atoms with Crippen molar-refractivity contribution in [3.63, 3.8) is 0 Å². The van der Waals surface area contributed by atoms with Crippen LogP contribution in [0.15, 0.2) is 78.9 Å². The minimum atomic E-state index is -1.72. The summed E-state index contributed by atoms with van der Waals surface area (Å²) in [6.07, 6.45) is 0. The molecule has 5 heteroatoms. The molecule has 0 spiro atoms. The number of carbonyl (C=O) groups is 2. The molecule has 0 unspecified atom stereocenters. The standard InChI is InChI=1S/C23H19NO4/c1-28-21(25)17-13-11-16(12-14-17)15-24-20-10-6-5-9-19(20)23(27,22(24)26)18-7-3-2-4-8-18/h2-14,27H,15H2,1H3/t23-/m1/s1. The molecule has 0 radical (unpaired) electrons. The lowest BCUT2D eigenvalue weighted by Crippen LogP contribution is -2.40. The van der Waals surface area contributed by atoms with E-state index in [1.165, 1.54) is 7.11 Å². The van der Waals surface area contributed by atoms with Crippen LogP contribution in [0.2, 0.25) is 0 Å². The van der Waals surface area contributed by atoms with Crippen molar-refractivity contribution in [2.45, 2.75) is 12.1 Å². The predicted octanol–water partition coefficient (Wildman–Crippen LogP) is 3.26. The molecule has 0 saturated heterocycles. The Morgan fingerprint density at radius 2 is 1.61 bits per heavy atom. The number of esters is 1. The Morgan fingerprint density at radius 3 is 2.29 bits per heavy atom. The highest BCUT2D eigenvalue weighted by Crippen LogP contribution is 2.44. The van der Waals surface area contributed by atoms with Crippen molar-refractivity contribution in [2.75, 3.05) is 12.0 Å². The molecule has 0 aliphatic carbocycles. The molecule has 0 fully saturated rings. The van der Waals surface area contributed by atoms with Gasteiger partial charge >= 0.3 is 5.97 Å². The van der Waals surface area contributed by atoms with Crippen LogP contribution in [0.5, 0.6) is 0 Å². The number of hydrogen-bond donors (Lipinski definition) is 1. The van der Waals surface area contributed by atoms with Gasteiger partial charge in [0.25, 0.3) is 5.91 Å². The van der Waals surface area contributed by atoms with Gasteiger partial charge < -0.3 is 14.7 Å². The number of aliphatic hydroxyl groups is 1. The zero-order valence-corrected chi connectivity index (χ0v) is 15.3. The number of ether oxygens (including phenoxy) is 1. The summed E-state index contributed by atoms with van der Waals surface area (Å²) in [5.74, 6) is -0.801. The summed E-state index contributed by atoms with van der Waals surface area (Å²) in [6.45, 7) is 0.284. The molecule has 0 aromatic heterocycles. The number of anilines is 1. The topological polar surface area (TPSA) is 66.8 Å². The van der Waals surface area contributed by atoms with Crippen molar-refractivity contribution in [1.29, 1.82) is 0 Å². The minimum Gasteiger partial charge on any atom is -0.465 e. The molecule has 3 aromatic rings. The van der Waals surface area contributed by atoms with E-state index in [4.69, 9.17) is 4.74 Å². The molecule has 1 aliphatic rings. The van der Waals surface area contributed by atoms with Crippen molar-refractivity contribution >= 4 is 17.6 Å². The summed E-state index contributed by atoms with van der Waals surface area (Å²) in [5, 5.41) is 11.4. The molecule has 3 aromatic carbocycles. The molecule has 1 N–H and O–H groups in total. The van der Waals surface area contributed by atoms with E-state index in [-0.39, 0.29) is 6.54 Å². The second kappa shape index (κ2) is 6.94. The summed E-state index contributed by atoms with van der Waals surface area (Å²) < 4.78 is 4.71. The molecule has 1 heterocycles. The summed E-state index contributed by atoms with van der Waals surface area (Å²) in [6, 6.07) is 23.1. The molecule has 28 heavy (non-hydrogen) atoms. The normalized spacial score (nSPS) is 18.1. The van der Waals surface area contributed by atoms with E-state index in [0.29, 0.717) is 22.4 Å². The second-order valence-corrected chi connectivity index (χ2v) is 6.67. The molecule has 1 atom stereocenters. The number of methoxy groups -OCH3 is 1. The van der Waals surface area contributed by atoms with Gasteiger partial charge in [-0.25, -0.2) is 4.79 Å². The zero-order valence-electron chi connectivity index (χ0n) is 15.3. The Balaban J connectivity index is 1.71. The minimum absolute atomic E-state index is 0.284. The molecule has 140 valence electrons. The highest BCUT2D eigenvalue weighted by atomic mass is 16.5. The van der Waals surface area contributed by atoms with E-state index < -0.39 is 17.5 Å². The first-order valence-corrected chi connectivity index (χ1v) is 8.92. The van der Waals surface area contributed by atoms with Crippen LogP contribution in [0.25, 0.3) is 0 Å². The van der Waals surface area contributed by atoms with Crippen molar-refractivity contribution in [3.05, 3.63) is 101 Å². The SMILES string of the molecule is COC(=O)c1ccc(CN2C(=O)[C@@](O)(c3ccccc3)c3ccccc32)cc1.